The maximum atomic E-state index is 13.4. The summed E-state index contributed by atoms with van der Waals surface area (Å²) < 4.78 is 25.2. The number of hydrogen-bond acceptors (Lipinski definition) is 4. The molecule has 2 heterocycles. The maximum absolute atomic E-state index is 13.4. The van der Waals surface area contributed by atoms with E-state index in [0.717, 1.165) is 31.6 Å². The Balaban J connectivity index is 1.76. The van der Waals surface area contributed by atoms with Gasteiger partial charge in [-0.3, -0.25) is 0 Å². The number of nitrogens with zero attached hydrogens (tertiary/aromatic N) is 1. The van der Waals surface area contributed by atoms with Crippen molar-refractivity contribution in [2.75, 3.05) is 36.9 Å². The largest absolute Gasteiger partial charge is 0.397 e. The second-order valence-electron chi connectivity index (χ2n) is 4.92. The lowest BCUT2D eigenvalue weighted by Crippen LogP contribution is -2.45. The lowest BCUT2D eigenvalue weighted by atomic mass is 10.0. The number of nitrogens with two attached hydrogens (primary N) is 1. The summed E-state index contributed by atoms with van der Waals surface area (Å²) >= 11 is 3.20. The van der Waals surface area contributed by atoms with Crippen LogP contribution in [-0.2, 0) is 9.47 Å². The molecule has 104 valence electrons. The highest BCUT2D eigenvalue weighted by molar-refractivity contribution is 9.10. The van der Waals surface area contributed by atoms with Gasteiger partial charge in [0.2, 0.25) is 0 Å². The van der Waals surface area contributed by atoms with E-state index in [1.807, 2.05) is 0 Å². The summed E-state index contributed by atoms with van der Waals surface area (Å²) in [5.41, 5.74) is 7.23. The summed E-state index contributed by atoms with van der Waals surface area (Å²) in [6, 6.07) is 3.09. The summed E-state index contributed by atoms with van der Waals surface area (Å²) in [6.07, 6.45) is 1.61. The van der Waals surface area contributed by atoms with Crippen molar-refractivity contribution in [1.82, 2.24) is 0 Å². The first-order valence-corrected chi connectivity index (χ1v) is 7.16. The zero-order chi connectivity index (χ0) is 13.5. The second-order valence-corrected chi connectivity index (χ2v) is 5.77. The lowest BCUT2D eigenvalue weighted by molar-refractivity contribution is -0.169. The van der Waals surface area contributed by atoms with Crippen LogP contribution < -0.4 is 10.6 Å². The quantitative estimate of drug-likeness (QED) is 0.804. The molecule has 0 aromatic heterocycles. The van der Waals surface area contributed by atoms with Crippen LogP contribution >= 0.6 is 15.9 Å². The molecule has 2 saturated heterocycles. The van der Waals surface area contributed by atoms with Crippen LogP contribution in [0.2, 0.25) is 0 Å². The van der Waals surface area contributed by atoms with Crippen molar-refractivity contribution < 1.29 is 13.9 Å². The number of anilines is 2. The molecule has 0 amide bonds. The standard InChI is InChI=1S/C13H16BrFN2O2/c14-9-7-12(11(16)8-10(9)15)17-3-1-13(2-4-17)18-5-6-19-13/h7-8H,1-6,16H2. The minimum absolute atomic E-state index is 0.336. The van der Waals surface area contributed by atoms with E-state index in [9.17, 15) is 4.39 Å². The normalized spacial score (nSPS) is 22.1. The molecule has 2 fully saturated rings. The van der Waals surface area contributed by atoms with Crippen molar-refractivity contribution >= 4 is 27.3 Å². The molecular formula is C13H16BrFN2O2. The van der Waals surface area contributed by atoms with Crippen LogP contribution in [0.1, 0.15) is 12.8 Å². The first kappa shape index (κ1) is 13.1. The third-order valence-corrected chi connectivity index (χ3v) is 4.36. The summed E-state index contributed by atoms with van der Waals surface area (Å²) in [6.45, 7) is 2.93. The third kappa shape index (κ3) is 2.44. The van der Waals surface area contributed by atoms with Crippen molar-refractivity contribution in [1.29, 1.82) is 0 Å². The molecule has 2 aliphatic rings. The van der Waals surface area contributed by atoms with E-state index in [1.54, 1.807) is 6.07 Å². The molecule has 0 bridgehead atoms. The van der Waals surface area contributed by atoms with E-state index in [-0.39, 0.29) is 5.82 Å². The third-order valence-electron chi connectivity index (χ3n) is 3.75. The first-order chi connectivity index (χ1) is 9.10. The molecule has 1 aromatic rings. The van der Waals surface area contributed by atoms with E-state index in [1.165, 1.54) is 6.07 Å². The van der Waals surface area contributed by atoms with Gasteiger partial charge in [-0.15, -0.1) is 0 Å². The molecule has 0 aliphatic carbocycles. The van der Waals surface area contributed by atoms with Gasteiger partial charge in [-0.05, 0) is 22.0 Å². The lowest BCUT2D eigenvalue weighted by Gasteiger charge is -2.39. The van der Waals surface area contributed by atoms with Gasteiger partial charge in [0.05, 0.1) is 29.1 Å². The summed E-state index contributed by atoms with van der Waals surface area (Å²) in [5.74, 6) is -0.736. The van der Waals surface area contributed by atoms with Crippen molar-refractivity contribution in [2.45, 2.75) is 18.6 Å². The molecule has 0 atom stereocenters. The van der Waals surface area contributed by atoms with E-state index in [0.29, 0.717) is 23.4 Å². The van der Waals surface area contributed by atoms with Crippen molar-refractivity contribution in [2.24, 2.45) is 0 Å². The fourth-order valence-corrected chi connectivity index (χ4v) is 3.03. The van der Waals surface area contributed by atoms with Crippen LogP contribution in [0.3, 0.4) is 0 Å². The Bertz CT molecular complexity index is 482. The predicted molar refractivity (Wildman–Crippen MR) is 74.6 cm³/mol. The number of benzene rings is 1. The summed E-state index contributed by atoms with van der Waals surface area (Å²) in [7, 11) is 0. The van der Waals surface area contributed by atoms with Crippen LogP contribution in [0.25, 0.3) is 0 Å². The Kier molecular flexibility index (Phi) is 3.41. The van der Waals surface area contributed by atoms with Crippen LogP contribution in [0, 0.1) is 5.82 Å². The molecule has 1 aromatic carbocycles. The Morgan fingerprint density at radius 3 is 2.47 bits per heavy atom. The molecular weight excluding hydrogens is 315 g/mol. The maximum Gasteiger partial charge on any atom is 0.171 e. The minimum atomic E-state index is -0.400. The summed E-state index contributed by atoms with van der Waals surface area (Å²) in [5, 5.41) is 0. The van der Waals surface area contributed by atoms with Gasteiger partial charge in [-0.2, -0.15) is 0 Å². The number of piperidine rings is 1. The zero-order valence-corrected chi connectivity index (χ0v) is 12.1. The Labute approximate surface area is 119 Å². The van der Waals surface area contributed by atoms with Crippen LogP contribution in [-0.4, -0.2) is 32.1 Å². The SMILES string of the molecule is Nc1cc(F)c(Br)cc1N1CCC2(CC1)OCCO2. The minimum Gasteiger partial charge on any atom is -0.397 e. The first-order valence-electron chi connectivity index (χ1n) is 6.37. The Morgan fingerprint density at radius 1 is 1.21 bits per heavy atom. The van der Waals surface area contributed by atoms with Gasteiger partial charge in [0.1, 0.15) is 5.82 Å². The van der Waals surface area contributed by atoms with Crippen LogP contribution in [0.4, 0.5) is 15.8 Å². The van der Waals surface area contributed by atoms with Crippen molar-refractivity contribution in [3.8, 4) is 0 Å². The number of halogens is 2. The van der Waals surface area contributed by atoms with Gasteiger partial charge >= 0.3 is 0 Å². The fourth-order valence-electron chi connectivity index (χ4n) is 2.70. The smallest absolute Gasteiger partial charge is 0.171 e. The highest BCUT2D eigenvalue weighted by Gasteiger charge is 2.40. The molecule has 6 heteroatoms. The van der Waals surface area contributed by atoms with Crippen molar-refractivity contribution in [3.63, 3.8) is 0 Å². The average molecular weight is 331 g/mol. The van der Waals surface area contributed by atoms with Gasteiger partial charge in [0.15, 0.2) is 5.79 Å². The number of rotatable bonds is 1. The van der Waals surface area contributed by atoms with Crippen LogP contribution in [0.5, 0.6) is 0 Å². The molecule has 0 saturated carbocycles. The monoisotopic (exact) mass is 330 g/mol. The fraction of sp³-hybridized carbons (Fsp3) is 0.538. The van der Waals surface area contributed by atoms with Gasteiger partial charge in [0.25, 0.3) is 0 Å². The molecule has 4 nitrogen and oxygen atoms in total. The second kappa shape index (κ2) is 4.92. The number of nitrogen functional groups attached to an aromatic ring is 1. The predicted octanol–water partition coefficient (Wildman–Crippen LogP) is 2.51. The molecule has 2 aliphatic heterocycles. The Morgan fingerprint density at radius 2 is 1.84 bits per heavy atom. The summed E-state index contributed by atoms with van der Waals surface area (Å²) in [4.78, 5) is 2.15. The molecule has 3 rings (SSSR count). The molecule has 0 unspecified atom stereocenters. The zero-order valence-electron chi connectivity index (χ0n) is 10.5. The van der Waals surface area contributed by atoms with E-state index < -0.39 is 5.79 Å². The number of ether oxygens (including phenoxy) is 2. The highest BCUT2D eigenvalue weighted by atomic mass is 79.9. The van der Waals surface area contributed by atoms with Gasteiger partial charge in [-0.25, -0.2) is 4.39 Å². The average Bonchev–Trinajstić information content (AvgIpc) is 2.84. The molecule has 19 heavy (non-hydrogen) atoms. The topological polar surface area (TPSA) is 47.7 Å². The molecule has 2 N–H and O–H groups in total. The van der Waals surface area contributed by atoms with E-state index in [4.69, 9.17) is 15.2 Å². The molecule has 1 spiro atoms. The molecule has 0 radical (unpaired) electrons. The Hall–Kier alpha value is -0.850. The van der Waals surface area contributed by atoms with Gasteiger partial charge < -0.3 is 20.1 Å². The van der Waals surface area contributed by atoms with E-state index >= 15 is 0 Å². The van der Waals surface area contributed by atoms with Gasteiger partial charge in [-0.1, -0.05) is 0 Å². The van der Waals surface area contributed by atoms with Crippen molar-refractivity contribution in [3.05, 3.63) is 22.4 Å². The highest BCUT2D eigenvalue weighted by Crippen LogP contribution is 2.36. The van der Waals surface area contributed by atoms with E-state index in [2.05, 4.69) is 20.8 Å². The van der Waals surface area contributed by atoms with Crippen LogP contribution in [0.15, 0.2) is 16.6 Å². The number of hydrogen-bond donors (Lipinski definition) is 1. The van der Waals surface area contributed by atoms with Gasteiger partial charge in [0, 0.05) is 32.0 Å².